The van der Waals surface area contributed by atoms with Crippen molar-refractivity contribution in [2.45, 2.75) is 25.4 Å². The first-order valence-electron chi connectivity index (χ1n) is 8.45. The topological polar surface area (TPSA) is 92.4 Å². The summed E-state index contributed by atoms with van der Waals surface area (Å²) < 4.78 is 5.18. The number of benzene rings is 1. The predicted octanol–water partition coefficient (Wildman–Crippen LogP) is 2.49. The van der Waals surface area contributed by atoms with Crippen molar-refractivity contribution < 1.29 is 14.4 Å². The lowest BCUT2D eigenvalue weighted by Gasteiger charge is -2.19. The normalized spacial score (nSPS) is 19.8. The Morgan fingerprint density at radius 3 is 2.92 bits per heavy atom. The van der Waals surface area contributed by atoms with Crippen LogP contribution in [0.2, 0.25) is 0 Å². The Morgan fingerprint density at radius 1 is 1.38 bits per heavy atom. The van der Waals surface area contributed by atoms with Gasteiger partial charge in [-0.2, -0.15) is 4.98 Å². The zero-order valence-corrected chi connectivity index (χ0v) is 15.1. The number of likely N-dealkylation sites (tertiary alicyclic amines) is 1. The molecule has 0 unspecified atom stereocenters. The minimum atomic E-state index is -1.29. The number of aryl methyl sites for hydroxylation is 1. The fraction of sp³-hybridized carbons (Fsp3) is 0.333. The third-order valence-corrected chi connectivity index (χ3v) is 5.49. The molecule has 1 amide bonds. The lowest BCUT2D eigenvalue weighted by atomic mass is 10.0. The molecule has 0 spiro atoms. The summed E-state index contributed by atoms with van der Waals surface area (Å²) >= 11 is 1.35. The van der Waals surface area contributed by atoms with E-state index in [1.54, 1.807) is 11.1 Å². The van der Waals surface area contributed by atoms with E-state index in [0.717, 1.165) is 10.6 Å². The SMILES string of the molecule is CCc1noc([C@]2(O)CCN(C(=O)c3cnc(-c4ccccc4)s3)C2)n1. The standard InChI is InChI=1S/C18H18N4O3S/c1-2-14-20-17(25-21-14)18(24)8-9-22(11-18)16(23)13-10-19-15(26-13)12-6-4-3-5-7-12/h3-7,10,24H,2,8-9,11H2,1H3/t18-/m0/s1. The molecule has 0 bridgehead atoms. The van der Waals surface area contributed by atoms with E-state index in [1.165, 1.54) is 11.3 Å². The van der Waals surface area contributed by atoms with Crippen LogP contribution < -0.4 is 0 Å². The van der Waals surface area contributed by atoms with Crippen LogP contribution in [0, 0.1) is 0 Å². The third kappa shape index (κ3) is 3.02. The summed E-state index contributed by atoms with van der Waals surface area (Å²) in [5.41, 5.74) is -0.310. The summed E-state index contributed by atoms with van der Waals surface area (Å²) in [6, 6.07) is 9.74. The smallest absolute Gasteiger partial charge is 0.265 e. The van der Waals surface area contributed by atoms with E-state index >= 15 is 0 Å². The molecular formula is C18H18N4O3S. The van der Waals surface area contributed by atoms with Gasteiger partial charge in [0, 0.05) is 24.9 Å². The van der Waals surface area contributed by atoms with Gasteiger partial charge in [-0.05, 0) is 0 Å². The van der Waals surface area contributed by atoms with Gasteiger partial charge in [0.2, 0.25) is 0 Å². The van der Waals surface area contributed by atoms with Gasteiger partial charge in [0.1, 0.15) is 9.88 Å². The van der Waals surface area contributed by atoms with Crippen LogP contribution in [0.5, 0.6) is 0 Å². The second-order valence-corrected chi connectivity index (χ2v) is 7.30. The van der Waals surface area contributed by atoms with Gasteiger partial charge < -0.3 is 14.5 Å². The van der Waals surface area contributed by atoms with Gasteiger partial charge in [0.05, 0.1) is 12.7 Å². The van der Waals surface area contributed by atoms with Crippen molar-refractivity contribution in [3.63, 3.8) is 0 Å². The molecule has 3 heterocycles. The molecule has 8 heteroatoms. The van der Waals surface area contributed by atoms with Crippen LogP contribution in [-0.4, -0.2) is 44.1 Å². The minimum Gasteiger partial charge on any atom is -0.378 e. The van der Waals surface area contributed by atoms with Gasteiger partial charge in [-0.3, -0.25) is 4.79 Å². The Hall–Kier alpha value is -2.58. The summed E-state index contributed by atoms with van der Waals surface area (Å²) in [5.74, 6) is 0.586. The quantitative estimate of drug-likeness (QED) is 0.758. The maximum atomic E-state index is 12.8. The molecule has 1 aliphatic rings. The van der Waals surface area contributed by atoms with E-state index in [0.29, 0.717) is 30.1 Å². The van der Waals surface area contributed by atoms with Gasteiger partial charge in [0.15, 0.2) is 11.4 Å². The fourth-order valence-corrected chi connectivity index (χ4v) is 3.86. The third-order valence-electron chi connectivity index (χ3n) is 4.45. The molecule has 2 aromatic heterocycles. The maximum absolute atomic E-state index is 12.8. The van der Waals surface area contributed by atoms with E-state index in [2.05, 4.69) is 15.1 Å². The number of rotatable bonds is 4. The highest BCUT2D eigenvalue weighted by atomic mass is 32.1. The first-order chi connectivity index (χ1) is 12.6. The van der Waals surface area contributed by atoms with Crippen LogP contribution in [0.25, 0.3) is 10.6 Å². The lowest BCUT2D eigenvalue weighted by molar-refractivity contribution is 0.0137. The Morgan fingerprint density at radius 2 is 2.19 bits per heavy atom. The molecule has 26 heavy (non-hydrogen) atoms. The van der Waals surface area contributed by atoms with Crippen molar-refractivity contribution in [3.05, 3.63) is 53.1 Å². The van der Waals surface area contributed by atoms with Crippen LogP contribution in [0.1, 0.15) is 34.7 Å². The summed E-state index contributed by atoms with van der Waals surface area (Å²) in [7, 11) is 0. The van der Waals surface area contributed by atoms with Crippen LogP contribution in [0.4, 0.5) is 0 Å². The molecule has 0 aliphatic carbocycles. The molecule has 7 nitrogen and oxygen atoms in total. The second-order valence-electron chi connectivity index (χ2n) is 6.27. The van der Waals surface area contributed by atoms with Crippen molar-refractivity contribution in [3.8, 4) is 10.6 Å². The molecular weight excluding hydrogens is 352 g/mol. The first-order valence-corrected chi connectivity index (χ1v) is 9.26. The zero-order valence-electron chi connectivity index (χ0n) is 14.3. The fourth-order valence-electron chi connectivity index (χ4n) is 2.97. The molecule has 1 aliphatic heterocycles. The van der Waals surface area contributed by atoms with Crippen molar-refractivity contribution in [1.82, 2.24) is 20.0 Å². The first kappa shape index (κ1) is 16.9. The Kier molecular flexibility index (Phi) is 4.29. The molecule has 1 saturated heterocycles. The van der Waals surface area contributed by atoms with Crippen LogP contribution in [0.15, 0.2) is 41.1 Å². The highest BCUT2D eigenvalue weighted by Crippen LogP contribution is 2.33. The molecule has 0 saturated carbocycles. The van der Waals surface area contributed by atoms with E-state index in [4.69, 9.17) is 4.52 Å². The number of aromatic nitrogens is 3. The number of carbonyl (C=O) groups is 1. The number of carbonyl (C=O) groups excluding carboxylic acids is 1. The number of amides is 1. The highest BCUT2D eigenvalue weighted by Gasteiger charge is 2.44. The minimum absolute atomic E-state index is 0.135. The second kappa shape index (κ2) is 6.62. The summed E-state index contributed by atoms with van der Waals surface area (Å²) in [6.07, 6.45) is 2.59. The van der Waals surface area contributed by atoms with Gasteiger partial charge in [-0.1, -0.05) is 42.4 Å². The van der Waals surface area contributed by atoms with Crippen LogP contribution in [0.3, 0.4) is 0 Å². The highest BCUT2D eigenvalue weighted by molar-refractivity contribution is 7.16. The average molecular weight is 370 g/mol. The largest absolute Gasteiger partial charge is 0.378 e. The van der Waals surface area contributed by atoms with E-state index in [1.807, 2.05) is 37.3 Å². The lowest BCUT2D eigenvalue weighted by Crippen LogP contribution is -2.34. The molecule has 1 aromatic carbocycles. The van der Waals surface area contributed by atoms with Crippen molar-refractivity contribution in [2.24, 2.45) is 0 Å². The number of β-amino-alcohol motifs (C(OH)–C–C–N with tert-alkyl or cyclic N) is 1. The van der Waals surface area contributed by atoms with E-state index < -0.39 is 5.60 Å². The van der Waals surface area contributed by atoms with E-state index in [-0.39, 0.29) is 18.3 Å². The maximum Gasteiger partial charge on any atom is 0.265 e. The number of nitrogens with zero attached hydrogens (tertiary/aromatic N) is 4. The van der Waals surface area contributed by atoms with Crippen molar-refractivity contribution in [2.75, 3.05) is 13.1 Å². The van der Waals surface area contributed by atoms with Gasteiger partial charge >= 0.3 is 0 Å². The van der Waals surface area contributed by atoms with Crippen molar-refractivity contribution >= 4 is 17.2 Å². The molecule has 1 fully saturated rings. The number of aliphatic hydroxyl groups is 1. The van der Waals surface area contributed by atoms with Gasteiger partial charge in [0.25, 0.3) is 11.8 Å². The van der Waals surface area contributed by atoms with E-state index in [9.17, 15) is 9.90 Å². The summed E-state index contributed by atoms with van der Waals surface area (Å²) in [6.45, 7) is 2.48. The number of thiazole rings is 1. The summed E-state index contributed by atoms with van der Waals surface area (Å²) in [5, 5.41) is 15.4. The van der Waals surface area contributed by atoms with Gasteiger partial charge in [-0.25, -0.2) is 4.98 Å². The Balaban J connectivity index is 1.50. The molecule has 0 radical (unpaired) electrons. The Labute approximate surface area is 154 Å². The monoisotopic (exact) mass is 370 g/mol. The molecule has 134 valence electrons. The average Bonchev–Trinajstić information content (AvgIpc) is 3.41. The summed E-state index contributed by atoms with van der Waals surface area (Å²) in [4.78, 5) is 23.5. The molecule has 4 rings (SSSR count). The molecule has 1 atom stereocenters. The Bertz CT molecular complexity index is 923. The van der Waals surface area contributed by atoms with Crippen molar-refractivity contribution in [1.29, 1.82) is 0 Å². The van der Waals surface area contributed by atoms with Gasteiger partial charge in [-0.15, -0.1) is 11.3 Å². The zero-order chi connectivity index (χ0) is 18.1. The number of hydrogen-bond donors (Lipinski definition) is 1. The van der Waals surface area contributed by atoms with Crippen LogP contribution in [-0.2, 0) is 12.0 Å². The molecule has 3 aromatic rings. The van der Waals surface area contributed by atoms with Crippen LogP contribution >= 0.6 is 11.3 Å². The predicted molar refractivity (Wildman–Crippen MR) is 95.6 cm³/mol. The number of hydrogen-bond acceptors (Lipinski definition) is 7. The molecule has 1 N–H and O–H groups in total.